The summed E-state index contributed by atoms with van der Waals surface area (Å²) >= 11 is 1.49. The highest BCUT2D eigenvalue weighted by Gasteiger charge is 2.19. The predicted octanol–water partition coefficient (Wildman–Crippen LogP) is 2.58. The van der Waals surface area contributed by atoms with Crippen molar-refractivity contribution < 1.29 is 9.90 Å². The molecule has 1 heterocycles. The molecule has 0 aliphatic rings. The first kappa shape index (κ1) is 18.6. The van der Waals surface area contributed by atoms with Gasteiger partial charge in [0.25, 0.3) is 0 Å². The van der Waals surface area contributed by atoms with Crippen LogP contribution >= 0.6 is 23.7 Å². The lowest BCUT2D eigenvalue weighted by atomic mass is 10.2. The highest BCUT2D eigenvalue weighted by atomic mass is 35.5. The summed E-state index contributed by atoms with van der Waals surface area (Å²) in [5, 5.41) is 12.2. The van der Waals surface area contributed by atoms with Crippen LogP contribution in [0.4, 0.5) is 0 Å². The molecule has 1 unspecified atom stereocenters. The predicted molar refractivity (Wildman–Crippen MR) is 92.1 cm³/mol. The minimum atomic E-state index is -0.657. The zero-order valence-corrected chi connectivity index (χ0v) is 13.9. The van der Waals surface area contributed by atoms with E-state index in [4.69, 9.17) is 5.73 Å². The molecule has 0 saturated carbocycles. The number of aliphatic hydroxyl groups is 1. The lowest BCUT2D eigenvalue weighted by molar-refractivity contribution is -0.133. The summed E-state index contributed by atoms with van der Waals surface area (Å²) in [6.07, 6.45) is -0.361. The summed E-state index contributed by atoms with van der Waals surface area (Å²) in [6.45, 7) is 1.09. The lowest BCUT2D eigenvalue weighted by Gasteiger charge is -2.25. The van der Waals surface area contributed by atoms with Crippen molar-refractivity contribution >= 4 is 29.7 Å². The van der Waals surface area contributed by atoms with Crippen LogP contribution in [0, 0.1) is 0 Å². The van der Waals surface area contributed by atoms with Crippen LogP contribution in [0.15, 0.2) is 47.8 Å². The van der Waals surface area contributed by atoms with Gasteiger partial charge in [-0.1, -0.05) is 36.4 Å². The molecule has 1 atom stereocenters. The fraction of sp³-hybridized carbons (Fsp3) is 0.312. The summed E-state index contributed by atoms with van der Waals surface area (Å²) in [5.74, 6) is -0.0306. The lowest BCUT2D eigenvalue weighted by Crippen LogP contribution is -2.35. The first-order valence-electron chi connectivity index (χ1n) is 6.94. The normalized spacial score (nSPS) is 11.5. The molecule has 0 radical (unpaired) electrons. The molecule has 0 spiro atoms. The molecule has 0 saturated heterocycles. The first-order valence-corrected chi connectivity index (χ1v) is 7.82. The molecular formula is C16H21ClN2O2S. The van der Waals surface area contributed by atoms with Crippen LogP contribution in [0.25, 0.3) is 0 Å². The summed E-state index contributed by atoms with van der Waals surface area (Å²) in [7, 11) is 0. The number of carbonyl (C=O) groups is 1. The van der Waals surface area contributed by atoms with Crippen LogP contribution < -0.4 is 5.73 Å². The van der Waals surface area contributed by atoms with Gasteiger partial charge in [0.15, 0.2) is 0 Å². The number of amides is 1. The van der Waals surface area contributed by atoms with Gasteiger partial charge in [-0.3, -0.25) is 4.79 Å². The van der Waals surface area contributed by atoms with Crippen molar-refractivity contribution in [1.29, 1.82) is 0 Å². The number of carbonyl (C=O) groups excluding carboxylic acids is 1. The van der Waals surface area contributed by atoms with Crippen molar-refractivity contribution in [2.24, 2.45) is 5.73 Å². The second kappa shape index (κ2) is 9.58. The maximum atomic E-state index is 12.2. The molecular weight excluding hydrogens is 320 g/mol. The maximum absolute atomic E-state index is 12.2. The third kappa shape index (κ3) is 5.42. The van der Waals surface area contributed by atoms with Gasteiger partial charge in [-0.25, -0.2) is 0 Å². The Bertz CT molecular complexity index is 549. The second-order valence-corrected chi connectivity index (χ2v) is 5.81. The number of rotatable bonds is 7. The highest BCUT2D eigenvalue weighted by Crippen LogP contribution is 2.21. The molecule has 1 amide bonds. The largest absolute Gasteiger partial charge is 0.386 e. The van der Waals surface area contributed by atoms with Gasteiger partial charge in [-0.15, -0.1) is 23.7 Å². The molecule has 2 aromatic rings. The molecule has 2 rings (SSSR count). The Balaban J connectivity index is 0.00000242. The summed E-state index contributed by atoms with van der Waals surface area (Å²) in [5.41, 5.74) is 6.52. The Labute approximate surface area is 141 Å². The van der Waals surface area contributed by atoms with Crippen molar-refractivity contribution in [2.75, 3.05) is 13.1 Å². The molecule has 4 nitrogen and oxygen atoms in total. The average molecular weight is 341 g/mol. The molecule has 3 N–H and O–H groups in total. The van der Waals surface area contributed by atoms with Crippen molar-refractivity contribution in [3.8, 4) is 0 Å². The van der Waals surface area contributed by atoms with Crippen molar-refractivity contribution in [1.82, 2.24) is 4.90 Å². The fourth-order valence-electron chi connectivity index (χ4n) is 2.12. The number of halogens is 1. The highest BCUT2D eigenvalue weighted by molar-refractivity contribution is 7.10. The Hall–Kier alpha value is -1.40. The number of thiophene rings is 1. The minimum absolute atomic E-state index is 0. The number of hydrogen-bond acceptors (Lipinski definition) is 4. The van der Waals surface area contributed by atoms with E-state index in [2.05, 4.69) is 0 Å². The quantitative estimate of drug-likeness (QED) is 0.814. The van der Waals surface area contributed by atoms with Crippen LogP contribution in [-0.2, 0) is 11.3 Å². The van der Waals surface area contributed by atoms with E-state index in [0.29, 0.717) is 19.5 Å². The molecule has 6 heteroatoms. The van der Waals surface area contributed by atoms with E-state index < -0.39 is 6.10 Å². The molecule has 0 aliphatic heterocycles. The van der Waals surface area contributed by atoms with Crippen molar-refractivity contribution in [3.05, 3.63) is 58.3 Å². The zero-order chi connectivity index (χ0) is 15.1. The van der Waals surface area contributed by atoms with Gasteiger partial charge in [0, 0.05) is 24.4 Å². The van der Waals surface area contributed by atoms with E-state index in [1.54, 1.807) is 4.90 Å². The molecule has 0 bridgehead atoms. The summed E-state index contributed by atoms with van der Waals surface area (Å²) < 4.78 is 0. The van der Waals surface area contributed by atoms with Gasteiger partial charge in [-0.05, 0) is 17.0 Å². The fourth-order valence-corrected chi connectivity index (χ4v) is 2.82. The van der Waals surface area contributed by atoms with Gasteiger partial charge in [0.2, 0.25) is 5.91 Å². The van der Waals surface area contributed by atoms with Gasteiger partial charge in [-0.2, -0.15) is 0 Å². The van der Waals surface area contributed by atoms with Crippen LogP contribution in [0.5, 0.6) is 0 Å². The average Bonchev–Trinajstić information content (AvgIpc) is 3.02. The third-order valence-corrected chi connectivity index (χ3v) is 4.17. The van der Waals surface area contributed by atoms with Gasteiger partial charge >= 0.3 is 0 Å². The number of nitrogens with two attached hydrogens (primary N) is 1. The van der Waals surface area contributed by atoms with E-state index in [-0.39, 0.29) is 24.9 Å². The van der Waals surface area contributed by atoms with Gasteiger partial charge in [0.1, 0.15) is 6.10 Å². The minimum Gasteiger partial charge on any atom is -0.386 e. The Morgan fingerprint density at radius 2 is 1.95 bits per heavy atom. The molecule has 22 heavy (non-hydrogen) atoms. The monoisotopic (exact) mass is 340 g/mol. The van der Waals surface area contributed by atoms with E-state index in [1.807, 2.05) is 47.8 Å². The molecule has 120 valence electrons. The molecule has 0 fully saturated rings. The molecule has 1 aromatic heterocycles. The first-order chi connectivity index (χ1) is 10.2. The number of hydrogen-bond donors (Lipinski definition) is 2. The van der Waals surface area contributed by atoms with E-state index in [1.165, 1.54) is 11.3 Å². The van der Waals surface area contributed by atoms with Gasteiger partial charge < -0.3 is 15.7 Å². The van der Waals surface area contributed by atoms with Crippen LogP contribution in [0.3, 0.4) is 0 Å². The van der Waals surface area contributed by atoms with E-state index in [0.717, 1.165) is 10.4 Å². The van der Waals surface area contributed by atoms with Gasteiger partial charge in [0.05, 0.1) is 6.54 Å². The number of nitrogens with zero attached hydrogens (tertiary/aromatic N) is 1. The molecule has 1 aromatic carbocycles. The van der Waals surface area contributed by atoms with Crippen LogP contribution in [-0.4, -0.2) is 29.0 Å². The van der Waals surface area contributed by atoms with Crippen molar-refractivity contribution in [2.45, 2.75) is 19.1 Å². The zero-order valence-electron chi connectivity index (χ0n) is 12.2. The second-order valence-electron chi connectivity index (χ2n) is 4.83. The Morgan fingerprint density at radius 1 is 1.23 bits per heavy atom. The van der Waals surface area contributed by atoms with Crippen LogP contribution in [0.1, 0.15) is 23.0 Å². The van der Waals surface area contributed by atoms with E-state index in [9.17, 15) is 9.90 Å². The third-order valence-electron chi connectivity index (χ3n) is 3.19. The smallest absolute Gasteiger partial charge is 0.224 e. The standard InChI is InChI=1S/C16H20N2O2S.ClH/c17-9-8-16(20)18(11-13-5-2-1-3-6-13)12-14(19)15-7-4-10-21-15;/h1-7,10,14,19H,8-9,11-12,17H2;1H. The van der Waals surface area contributed by atoms with Crippen molar-refractivity contribution in [3.63, 3.8) is 0 Å². The molecule has 0 aliphatic carbocycles. The Kier molecular flexibility index (Phi) is 8.12. The SMILES string of the molecule is Cl.NCCC(=O)N(Cc1ccccc1)CC(O)c1cccs1. The maximum Gasteiger partial charge on any atom is 0.224 e. The number of benzene rings is 1. The Morgan fingerprint density at radius 3 is 2.55 bits per heavy atom. The topological polar surface area (TPSA) is 66.6 Å². The summed E-state index contributed by atoms with van der Waals surface area (Å²) in [4.78, 5) is 14.7. The number of aliphatic hydroxyl groups excluding tert-OH is 1. The summed E-state index contributed by atoms with van der Waals surface area (Å²) in [6, 6.07) is 13.5. The van der Waals surface area contributed by atoms with Crippen LogP contribution in [0.2, 0.25) is 0 Å². The van der Waals surface area contributed by atoms with E-state index >= 15 is 0 Å².